The number of likely N-dealkylation sites (tertiary alicyclic amines) is 1. The largest absolute Gasteiger partial charge is 0.313 e. The molecule has 3 aliphatic rings. The molecule has 1 heterocycles. The summed E-state index contributed by atoms with van der Waals surface area (Å²) >= 11 is 0. The molecule has 1 atom stereocenters. The standard InChI is InChI=1S/C28H34FN3O2S/c1-20-12-18-25(19-13-20)35(33,34)31-28-26(21-14-16-22(29)17-15-21)27(30-23-8-4-2-5-9-23)32(28)24-10-6-3-7-11-24/h12-19,23-24,26H,2-11H2,1H3/b30-27?,31-28-. The number of hydrogen-bond acceptors (Lipinski definition) is 3. The fourth-order valence-corrected chi connectivity index (χ4v) is 6.65. The summed E-state index contributed by atoms with van der Waals surface area (Å²) in [5.74, 6) is 0.764. The minimum absolute atomic E-state index is 0.190. The van der Waals surface area contributed by atoms with Gasteiger partial charge < -0.3 is 4.90 Å². The van der Waals surface area contributed by atoms with Gasteiger partial charge in [-0.1, -0.05) is 68.4 Å². The summed E-state index contributed by atoms with van der Waals surface area (Å²) in [6.45, 7) is 1.93. The van der Waals surface area contributed by atoms with Crippen LogP contribution in [0.5, 0.6) is 0 Å². The summed E-state index contributed by atoms with van der Waals surface area (Å²) in [6, 6.07) is 13.6. The first-order chi connectivity index (χ1) is 16.9. The smallest absolute Gasteiger partial charge is 0.283 e. The first-order valence-corrected chi connectivity index (χ1v) is 14.4. The number of hydrogen-bond donors (Lipinski definition) is 0. The lowest BCUT2D eigenvalue weighted by Gasteiger charge is -2.49. The van der Waals surface area contributed by atoms with Crippen LogP contribution in [0.25, 0.3) is 0 Å². The Morgan fingerprint density at radius 1 is 0.800 bits per heavy atom. The number of benzene rings is 2. The normalized spacial score (nSPS) is 24.6. The molecule has 0 spiro atoms. The summed E-state index contributed by atoms with van der Waals surface area (Å²) in [5, 5.41) is 0. The lowest BCUT2D eigenvalue weighted by Crippen LogP contribution is -2.61. The van der Waals surface area contributed by atoms with E-state index in [1.54, 1.807) is 36.4 Å². The lowest BCUT2D eigenvalue weighted by molar-refractivity contribution is 0.293. The van der Waals surface area contributed by atoms with E-state index in [-0.39, 0.29) is 28.7 Å². The fourth-order valence-electron chi connectivity index (χ4n) is 5.63. The zero-order valence-corrected chi connectivity index (χ0v) is 21.2. The van der Waals surface area contributed by atoms with Gasteiger partial charge >= 0.3 is 0 Å². The van der Waals surface area contributed by atoms with Crippen molar-refractivity contribution in [2.45, 2.75) is 94.0 Å². The van der Waals surface area contributed by atoms with Crippen LogP contribution >= 0.6 is 0 Å². The van der Waals surface area contributed by atoms with E-state index in [4.69, 9.17) is 4.99 Å². The molecule has 1 aliphatic heterocycles. The molecule has 0 N–H and O–H groups in total. The van der Waals surface area contributed by atoms with Crippen molar-refractivity contribution < 1.29 is 12.8 Å². The summed E-state index contributed by atoms with van der Waals surface area (Å²) in [7, 11) is -3.90. The molecule has 5 nitrogen and oxygen atoms in total. The minimum atomic E-state index is -3.90. The van der Waals surface area contributed by atoms with Gasteiger partial charge in [0, 0.05) is 6.04 Å². The maximum Gasteiger partial charge on any atom is 0.283 e. The summed E-state index contributed by atoms with van der Waals surface area (Å²) in [6.07, 6.45) is 11.2. The molecule has 2 aliphatic carbocycles. The van der Waals surface area contributed by atoms with Crippen LogP contribution in [0.3, 0.4) is 0 Å². The molecule has 2 aromatic rings. The Balaban J connectivity index is 1.60. The number of halogens is 1. The van der Waals surface area contributed by atoms with Crippen molar-refractivity contribution in [2.75, 3.05) is 0 Å². The predicted molar refractivity (Wildman–Crippen MR) is 138 cm³/mol. The third-order valence-corrected chi connectivity index (χ3v) is 8.87. The molecule has 2 saturated carbocycles. The highest BCUT2D eigenvalue weighted by atomic mass is 32.2. The van der Waals surface area contributed by atoms with E-state index in [9.17, 15) is 12.8 Å². The number of aryl methyl sites for hydroxylation is 1. The second-order valence-electron chi connectivity index (χ2n) is 10.2. The maximum atomic E-state index is 13.8. The topological polar surface area (TPSA) is 62.1 Å². The molecule has 7 heteroatoms. The van der Waals surface area contributed by atoms with E-state index in [0.29, 0.717) is 5.84 Å². The third-order valence-electron chi connectivity index (χ3n) is 7.58. The van der Waals surface area contributed by atoms with Gasteiger partial charge in [-0.25, -0.2) is 4.39 Å². The second kappa shape index (κ2) is 10.2. The van der Waals surface area contributed by atoms with Crippen molar-refractivity contribution in [3.63, 3.8) is 0 Å². The fraction of sp³-hybridized carbons (Fsp3) is 0.500. The van der Waals surface area contributed by atoms with Gasteiger partial charge in [0.2, 0.25) is 0 Å². The lowest BCUT2D eigenvalue weighted by atomic mass is 9.82. The number of amidine groups is 2. The van der Waals surface area contributed by atoms with E-state index in [1.807, 2.05) is 6.92 Å². The van der Waals surface area contributed by atoms with Gasteiger partial charge in [0.1, 0.15) is 23.4 Å². The van der Waals surface area contributed by atoms with Gasteiger partial charge in [-0.3, -0.25) is 4.99 Å². The zero-order valence-electron chi connectivity index (χ0n) is 20.4. The maximum absolute atomic E-state index is 13.8. The molecule has 0 aromatic heterocycles. The van der Waals surface area contributed by atoms with Crippen LogP contribution in [0.4, 0.5) is 4.39 Å². The Labute approximate surface area is 208 Å². The van der Waals surface area contributed by atoms with Crippen LogP contribution in [0.15, 0.2) is 62.8 Å². The average molecular weight is 496 g/mol. The number of nitrogens with zero attached hydrogens (tertiary/aromatic N) is 3. The van der Waals surface area contributed by atoms with Gasteiger partial charge in [-0.05, 0) is 62.4 Å². The first-order valence-electron chi connectivity index (χ1n) is 13.0. The third kappa shape index (κ3) is 5.20. The molecule has 5 rings (SSSR count). The average Bonchev–Trinajstić information content (AvgIpc) is 2.86. The van der Waals surface area contributed by atoms with Crippen LogP contribution in [0.2, 0.25) is 0 Å². The molecule has 0 amide bonds. The summed E-state index contributed by atoms with van der Waals surface area (Å²) < 4.78 is 45.0. The molecular weight excluding hydrogens is 461 g/mol. The van der Waals surface area contributed by atoms with Crippen molar-refractivity contribution in [1.82, 2.24) is 4.90 Å². The number of aliphatic imine (C=N–C) groups is 1. The molecule has 3 fully saturated rings. The molecule has 1 unspecified atom stereocenters. The SMILES string of the molecule is Cc1ccc(S(=O)(=O)/N=C2/C(c3ccc(F)cc3)C(=NC3CCCCC3)N2C2CCCCC2)cc1. The molecule has 35 heavy (non-hydrogen) atoms. The Morgan fingerprint density at radius 3 is 2.03 bits per heavy atom. The van der Waals surface area contributed by atoms with E-state index < -0.39 is 10.0 Å². The van der Waals surface area contributed by atoms with Crippen molar-refractivity contribution in [2.24, 2.45) is 9.39 Å². The second-order valence-corrected chi connectivity index (χ2v) is 11.8. The minimum Gasteiger partial charge on any atom is -0.313 e. The van der Waals surface area contributed by atoms with Crippen LogP contribution in [-0.4, -0.2) is 37.1 Å². The molecule has 0 bridgehead atoms. The van der Waals surface area contributed by atoms with E-state index >= 15 is 0 Å². The Hall–Kier alpha value is -2.54. The van der Waals surface area contributed by atoms with Crippen LogP contribution in [-0.2, 0) is 10.0 Å². The first kappa shape index (κ1) is 24.2. The highest BCUT2D eigenvalue weighted by molar-refractivity contribution is 7.90. The van der Waals surface area contributed by atoms with Crippen molar-refractivity contribution in [1.29, 1.82) is 0 Å². The number of rotatable bonds is 5. The zero-order chi connectivity index (χ0) is 24.4. The quantitative estimate of drug-likeness (QED) is 0.483. The molecular formula is C28H34FN3O2S. The van der Waals surface area contributed by atoms with Crippen molar-refractivity contribution in [3.8, 4) is 0 Å². The number of sulfonamides is 1. The highest BCUT2D eigenvalue weighted by Gasteiger charge is 2.48. The van der Waals surface area contributed by atoms with Crippen LogP contribution in [0, 0.1) is 12.7 Å². The summed E-state index contributed by atoms with van der Waals surface area (Å²) in [4.78, 5) is 7.52. The molecule has 1 saturated heterocycles. The van der Waals surface area contributed by atoms with E-state index in [2.05, 4.69) is 9.30 Å². The Morgan fingerprint density at radius 2 is 1.40 bits per heavy atom. The molecule has 186 valence electrons. The Kier molecular flexibility index (Phi) is 7.05. The van der Waals surface area contributed by atoms with Crippen molar-refractivity contribution >= 4 is 21.7 Å². The monoisotopic (exact) mass is 495 g/mol. The summed E-state index contributed by atoms with van der Waals surface area (Å²) in [5.41, 5.74) is 1.83. The van der Waals surface area contributed by atoms with Gasteiger partial charge in [-0.15, -0.1) is 4.40 Å². The molecule has 0 radical (unpaired) electrons. The van der Waals surface area contributed by atoms with Crippen LogP contribution in [0.1, 0.15) is 81.3 Å². The predicted octanol–water partition coefficient (Wildman–Crippen LogP) is 6.38. The van der Waals surface area contributed by atoms with Gasteiger partial charge in [0.05, 0.1) is 10.9 Å². The van der Waals surface area contributed by atoms with Gasteiger partial charge in [0.15, 0.2) is 0 Å². The Bertz CT molecular complexity index is 1190. The highest BCUT2D eigenvalue weighted by Crippen LogP contribution is 2.40. The molecule has 2 aromatic carbocycles. The van der Waals surface area contributed by atoms with Gasteiger partial charge in [-0.2, -0.15) is 8.42 Å². The van der Waals surface area contributed by atoms with Gasteiger partial charge in [0.25, 0.3) is 10.0 Å². The van der Waals surface area contributed by atoms with Crippen molar-refractivity contribution in [3.05, 3.63) is 65.5 Å². The van der Waals surface area contributed by atoms with E-state index in [0.717, 1.165) is 55.5 Å². The van der Waals surface area contributed by atoms with Crippen LogP contribution < -0.4 is 0 Å². The van der Waals surface area contributed by atoms with E-state index in [1.165, 1.54) is 37.8 Å².